The van der Waals surface area contributed by atoms with Crippen LogP contribution in [0.2, 0.25) is 0 Å². The van der Waals surface area contributed by atoms with Gasteiger partial charge in [-0.3, -0.25) is 4.99 Å². The highest BCUT2D eigenvalue weighted by Crippen LogP contribution is 2.25. The van der Waals surface area contributed by atoms with Crippen molar-refractivity contribution in [2.45, 2.75) is 19.7 Å². The van der Waals surface area contributed by atoms with Gasteiger partial charge in [0.1, 0.15) is 11.5 Å². The summed E-state index contributed by atoms with van der Waals surface area (Å²) in [7, 11) is 7.01. The van der Waals surface area contributed by atoms with Crippen molar-refractivity contribution in [2.75, 3.05) is 33.2 Å². The molecular formula is C17H24F2IN5O2S. The van der Waals surface area contributed by atoms with Crippen LogP contribution in [0.5, 0.6) is 11.5 Å². The maximum absolute atomic E-state index is 12.6. The Kier molecular flexibility index (Phi) is 10.2. The first kappa shape index (κ1) is 24.1. The predicted molar refractivity (Wildman–Crippen MR) is 119 cm³/mol. The van der Waals surface area contributed by atoms with Crippen LogP contribution in [0.1, 0.15) is 11.3 Å². The molecule has 0 aliphatic rings. The van der Waals surface area contributed by atoms with Gasteiger partial charge in [0.05, 0.1) is 19.3 Å². The van der Waals surface area contributed by atoms with E-state index in [-0.39, 0.29) is 36.3 Å². The molecule has 0 unspecified atom stereocenters. The number of methoxy groups -OCH3 is 1. The molecule has 1 aromatic heterocycles. The van der Waals surface area contributed by atoms with Crippen LogP contribution in [-0.4, -0.2) is 45.8 Å². The number of alkyl halides is 2. The van der Waals surface area contributed by atoms with E-state index in [2.05, 4.69) is 25.3 Å². The quantitative estimate of drug-likeness (QED) is 0.312. The second-order valence-corrected chi connectivity index (χ2v) is 6.48. The van der Waals surface area contributed by atoms with Gasteiger partial charge >= 0.3 is 6.61 Å². The SMILES string of the molecule is CN=C(NCc1csc(N(C)C)n1)NCc1cc(OC)ccc1OC(F)F.I. The molecule has 0 aliphatic heterocycles. The van der Waals surface area contributed by atoms with E-state index in [0.29, 0.717) is 23.8 Å². The van der Waals surface area contributed by atoms with Crippen LogP contribution < -0.4 is 25.0 Å². The molecule has 0 aliphatic carbocycles. The van der Waals surface area contributed by atoms with Crippen molar-refractivity contribution < 1.29 is 18.3 Å². The van der Waals surface area contributed by atoms with Gasteiger partial charge in [-0.2, -0.15) is 8.78 Å². The van der Waals surface area contributed by atoms with Gasteiger partial charge in [-0.15, -0.1) is 35.3 Å². The minimum atomic E-state index is -2.90. The molecule has 0 saturated heterocycles. The van der Waals surface area contributed by atoms with Crippen molar-refractivity contribution in [2.24, 2.45) is 4.99 Å². The second kappa shape index (κ2) is 11.8. The average molecular weight is 527 g/mol. The summed E-state index contributed by atoms with van der Waals surface area (Å²) in [5.74, 6) is 1.15. The Morgan fingerprint density at radius 2 is 2.00 bits per heavy atom. The number of anilines is 1. The van der Waals surface area contributed by atoms with E-state index in [1.807, 2.05) is 24.4 Å². The minimum Gasteiger partial charge on any atom is -0.497 e. The zero-order chi connectivity index (χ0) is 19.8. The number of thiazole rings is 1. The highest BCUT2D eigenvalue weighted by atomic mass is 127. The van der Waals surface area contributed by atoms with Gasteiger partial charge in [0.25, 0.3) is 0 Å². The second-order valence-electron chi connectivity index (χ2n) is 5.65. The average Bonchev–Trinajstić information content (AvgIpc) is 3.12. The standard InChI is InChI=1S/C17H23F2N5O2S.HI/c1-20-16(22-9-12-10-27-17(23-12)24(2)3)21-8-11-7-13(25-4)5-6-14(11)26-15(18)19;/h5-7,10,15H,8-9H2,1-4H3,(H2,20,21,22);1H. The minimum absolute atomic E-state index is 0. The number of halogens is 3. The molecule has 0 spiro atoms. The number of hydrogen-bond donors (Lipinski definition) is 2. The number of nitrogens with one attached hydrogen (secondary N) is 2. The van der Waals surface area contributed by atoms with Gasteiger partial charge in [0, 0.05) is 38.6 Å². The molecule has 1 aromatic carbocycles. The van der Waals surface area contributed by atoms with Crippen molar-refractivity contribution in [3.8, 4) is 11.5 Å². The van der Waals surface area contributed by atoms with Crippen molar-refractivity contribution in [1.29, 1.82) is 0 Å². The number of aromatic nitrogens is 1. The summed E-state index contributed by atoms with van der Waals surface area (Å²) >= 11 is 1.55. The van der Waals surface area contributed by atoms with Gasteiger partial charge < -0.3 is 25.0 Å². The molecular weight excluding hydrogens is 503 g/mol. The van der Waals surface area contributed by atoms with E-state index in [9.17, 15) is 8.78 Å². The van der Waals surface area contributed by atoms with Crippen molar-refractivity contribution in [3.63, 3.8) is 0 Å². The van der Waals surface area contributed by atoms with E-state index >= 15 is 0 Å². The van der Waals surface area contributed by atoms with Crippen molar-refractivity contribution in [1.82, 2.24) is 15.6 Å². The fraction of sp³-hybridized carbons (Fsp3) is 0.412. The fourth-order valence-corrected chi connectivity index (χ4v) is 2.95. The van der Waals surface area contributed by atoms with Crippen LogP contribution in [0.25, 0.3) is 0 Å². The molecule has 0 radical (unpaired) electrons. The van der Waals surface area contributed by atoms with Crippen LogP contribution in [0.3, 0.4) is 0 Å². The Balaban J connectivity index is 0.00000392. The molecule has 2 N–H and O–H groups in total. The van der Waals surface area contributed by atoms with Crippen LogP contribution >= 0.6 is 35.3 Å². The van der Waals surface area contributed by atoms with Crippen LogP contribution in [-0.2, 0) is 13.1 Å². The molecule has 1 heterocycles. The molecule has 0 fully saturated rings. The summed E-state index contributed by atoms with van der Waals surface area (Å²) < 4.78 is 34.9. The van der Waals surface area contributed by atoms with Gasteiger partial charge in [-0.1, -0.05) is 0 Å². The number of rotatable bonds is 8. The Labute approximate surface area is 184 Å². The number of benzene rings is 1. The van der Waals surface area contributed by atoms with E-state index in [1.54, 1.807) is 30.5 Å². The lowest BCUT2D eigenvalue weighted by Gasteiger charge is -2.15. The van der Waals surface area contributed by atoms with Gasteiger partial charge in [-0.05, 0) is 18.2 Å². The molecule has 0 saturated carbocycles. The number of ether oxygens (including phenoxy) is 2. The highest BCUT2D eigenvalue weighted by Gasteiger charge is 2.12. The lowest BCUT2D eigenvalue weighted by molar-refractivity contribution is -0.0504. The molecule has 2 rings (SSSR count). The third kappa shape index (κ3) is 7.26. The summed E-state index contributed by atoms with van der Waals surface area (Å²) in [6.07, 6.45) is 0. The molecule has 156 valence electrons. The molecule has 2 aromatic rings. The third-order valence-corrected chi connectivity index (χ3v) is 4.57. The molecule has 0 atom stereocenters. The van der Waals surface area contributed by atoms with Gasteiger partial charge in [0.15, 0.2) is 11.1 Å². The van der Waals surface area contributed by atoms with E-state index in [4.69, 9.17) is 4.74 Å². The van der Waals surface area contributed by atoms with Gasteiger partial charge in [-0.25, -0.2) is 4.98 Å². The van der Waals surface area contributed by atoms with Crippen molar-refractivity contribution >= 4 is 46.4 Å². The third-order valence-electron chi connectivity index (χ3n) is 3.51. The molecule has 28 heavy (non-hydrogen) atoms. The Morgan fingerprint density at radius 3 is 2.57 bits per heavy atom. The molecule has 0 amide bonds. The normalized spacial score (nSPS) is 11.0. The van der Waals surface area contributed by atoms with Crippen LogP contribution in [0, 0.1) is 0 Å². The monoisotopic (exact) mass is 527 g/mol. The number of hydrogen-bond acceptors (Lipinski definition) is 6. The summed E-state index contributed by atoms with van der Waals surface area (Å²) in [5, 5.41) is 9.10. The van der Waals surface area contributed by atoms with E-state index < -0.39 is 6.61 Å². The zero-order valence-electron chi connectivity index (χ0n) is 16.0. The summed E-state index contributed by atoms with van der Waals surface area (Å²) in [6, 6.07) is 4.66. The maximum atomic E-state index is 12.6. The van der Waals surface area contributed by atoms with E-state index in [0.717, 1.165) is 10.8 Å². The maximum Gasteiger partial charge on any atom is 0.387 e. The topological polar surface area (TPSA) is 71.0 Å². The van der Waals surface area contributed by atoms with Crippen LogP contribution in [0.4, 0.5) is 13.9 Å². The summed E-state index contributed by atoms with van der Waals surface area (Å²) in [4.78, 5) is 10.6. The first-order valence-electron chi connectivity index (χ1n) is 8.11. The fourth-order valence-electron chi connectivity index (χ4n) is 2.19. The Bertz CT molecular complexity index is 774. The Hall–Kier alpha value is -1.89. The number of guanidine groups is 1. The van der Waals surface area contributed by atoms with E-state index in [1.165, 1.54) is 13.2 Å². The highest BCUT2D eigenvalue weighted by molar-refractivity contribution is 14.0. The molecule has 11 heteroatoms. The lowest BCUT2D eigenvalue weighted by atomic mass is 10.2. The first-order chi connectivity index (χ1) is 12.9. The molecule has 0 bridgehead atoms. The lowest BCUT2D eigenvalue weighted by Crippen LogP contribution is -2.36. The van der Waals surface area contributed by atoms with Crippen LogP contribution in [0.15, 0.2) is 28.6 Å². The smallest absolute Gasteiger partial charge is 0.387 e. The van der Waals surface area contributed by atoms with Crippen molar-refractivity contribution in [3.05, 3.63) is 34.8 Å². The Morgan fingerprint density at radius 1 is 1.29 bits per heavy atom. The van der Waals surface area contributed by atoms with Gasteiger partial charge in [0.2, 0.25) is 0 Å². The zero-order valence-corrected chi connectivity index (χ0v) is 19.2. The number of aliphatic imine (C=N–C) groups is 1. The summed E-state index contributed by atoms with van der Waals surface area (Å²) in [5.41, 5.74) is 1.41. The first-order valence-corrected chi connectivity index (χ1v) is 8.99. The molecule has 7 nitrogen and oxygen atoms in total. The summed E-state index contributed by atoms with van der Waals surface area (Å²) in [6.45, 7) is -2.17. The predicted octanol–water partition coefficient (Wildman–Crippen LogP) is 3.30. The number of nitrogens with zero attached hydrogens (tertiary/aromatic N) is 3. The largest absolute Gasteiger partial charge is 0.497 e.